The molecule has 0 amide bonds. The number of likely N-dealkylation sites (N-methyl/N-ethyl adjacent to an activating group) is 1. The van der Waals surface area contributed by atoms with Crippen LogP contribution in [0.4, 0.5) is 0 Å². The summed E-state index contributed by atoms with van der Waals surface area (Å²) in [5, 5.41) is 4.32. The topological polar surface area (TPSA) is 3.24 Å². The van der Waals surface area contributed by atoms with Gasteiger partial charge in [-0.15, -0.1) is 0 Å². The van der Waals surface area contributed by atoms with Crippen LogP contribution in [0.2, 0.25) is 0 Å². The summed E-state index contributed by atoms with van der Waals surface area (Å²) >= 11 is 1.73. The maximum absolute atomic E-state index is 3.25. The van der Waals surface area contributed by atoms with Crippen molar-refractivity contribution in [1.29, 1.82) is 0 Å². The van der Waals surface area contributed by atoms with Crippen molar-refractivity contribution in [3.63, 3.8) is 0 Å². The molecule has 3 aromatic rings. The highest BCUT2D eigenvalue weighted by Gasteiger charge is 2.04. The van der Waals surface area contributed by atoms with E-state index in [0.717, 1.165) is 19.6 Å². The first kappa shape index (κ1) is 23.8. The summed E-state index contributed by atoms with van der Waals surface area (Å²) in [6.07, 6.45) is 8.54. The first-order valence-corrected chi connectivity index (χ1v) is 12.2. The molecular formula is C30H33NS. The van der Waals surface area contributed by atoms with Gasteiger partial charge in [-0.3, -0.25) is 4.90 Å². The first-order valence-electron chi connectivity index (χ1n) is 11.2. The molecule has 0 saturated heterocycles. The molecule has 2 heteroatoms. The van der Waals surface area contributed by atoms with Crippen LogP contribution in [0.1, 0.15) is 44.4 Å². The van der Waals surface area contributed by atoms with E-state index in [1.54, 1.807) is 11.3 Å². The van der Waals surface area contributed by atoms with Gasteiger partial charge < -0.3 is 0 Å². The van der Waals surface area contributed by atoms with Crippen molar-refractivity contribution in [2.45, 2.75) is 34.2 Å². The molecule has 164 valence electrons. The second-order valence-corrected chi connectivity index (χ2v) is 9.75. The Kier molecular flexibility index (Phi) is 8.68. The van der Waals surface area contributed by atoms with Crippen LogP contribution in [0, 0.1) is 17.3 Å². The summed E-state index contributed by atoms with van der Waals surface area (Å²) in [7, 11) is 0. The van der Waals surface area contributed by atoms with E-state index in [0.29, 0.717) is 0 Å². The summed E-state index contributed by atoms with van der Waals surface area (Å²) < 4.78 is 0. The summed E-state index contributed by atoms with van der Waals surface area (Å²) in [6, 6.07) is 19.7. The van der Waals surface area contributed by atoms with Gasteiger partial charge in [0.15, 0.2) is 0 Å². The predicted molar refractivity (Wildman–Crippen MR) is 142 cm³/mol. The molecule has 0 radical (unpaired) electrons. The number of hydrogen-bond acceptors (Lipinski definition) is 2. The third kappa shape index (κ3) is 8.00. The number of rotatable bonds is 8. The third-order valence-corrected chi connectivity index (χ3v) is 5.71. The van der Waals surface area contributed by atoms with Crippen LogP contribution in [-0.2, 0) is 6.54 Å². The van der Waals surface area contributed by atoms with Gasteiger partial charge >= 0.3 is 0 Å². The molecule has 0 aliphatic rings. The Labute approximate surface area is 198 Å². The zero-order valence-corrected chi connectivity index (χ0v) is 20.5. The van der Waals surface area contributed by atoms with E-state index in [-0.39, 0.29) is 5.41 Å². The fourth-order valence-corrected chi connectivity index (χ4v) is 3.99. The van der Waals surface area contributed by atoms with Crippen LogP contribution in [0.3, 0.4) is 0 Å². The van der Waals surface area contributed by atoms with Gasteiger partial charge in [-0.05, 0) is 84.1 Å². The molecule has 0 fully saturated rings. The maximum atomic E-state index is 3.25. The number of benzene rings is 2. The van der Waals surface area contributed by atoms with Crippen molar-refractivity contribution in [2.24, 2.45) is 5.41 Å². The molecular weight excluding hydrogens is 406 g/mol. The lowest BCUT2D eigenvalue weighted by Crippen LogP contribution is -2.22. The average Bonchev–Trinajstić information content (AvgIpc) is 3.31. The molecule has 1 nitrogen and oxygen atoms in total. The van der Waals surface area contributed by atoms with E-state index < -0.39 is 0 Å². The molecule has 32 heavy (non-hydrogen) atoms. The van der Waals surface area contributed by atoms with Gasteiger partial charge in [-0.2, -0.15) is 11.3 Å². The molecule has 0 spiro atoms. The second kappa shape index (κ2) is 11.7. The third-order valence-electron chi connectivity index (χ3n) is 5.03. The summed E-state index contributed by atoms with van der Waals surface area (Å²) in [6.45, 7) is 11.5. The Bertz CT molecular complexity index is 1100. The summed E-state index contributed by atoms with van der Waals surface area (Å²) in [5.41, 5.74) is 6.37. The normalized spacial score (nSPS) is 11.9. The number of hydrogen-bond donors (Lipinski definition) is 0. The molecule has 1 heterocycles. The monoisotopic (exact) mass is 439 g/mol. The van der Waals surface area contributed by atoms with Gasteiger partial charge in [0.05, 0.1) is 0 Å². The highest BCUT2D eigenvalue weighted by Crippen LogP contribution is 2.23. The van der Waals surface area contributed by atoms with Crippen LogP contribution in [-0.4, -0.2) is 18.0 Å². The van der Waals surface area contributed by atoms with Crippen LogP contribution >= 0.6 is 11.3 Å². The van der Waals surface area contributed by atoms with Gasteiger partial charge in [-0.1, -0.05) is 79.5 Å². The minimum Gasteiger partial charge on any atom is -0.296 e. The lowest BCUT2D eigenvalue weighted by molar-refractivity contribution is 0.311. The number of nitrogens with zero attached hydrogens (tertiary/aromatic N) is 1. The number of thiophene rings is 1. The predicted octanol–water partition coefficient (Wildman–Crippen LogP) is 8.01. The SMILES string of the molecule is CCN(CC=CC#CC(C)(C)C)Cc1cccc(C=Cc2cccc(-c3ccsc3)c2)c1. The van der Waals surface area contributed by atoms with Gasteiger partial charge in [0.25, 0.3) is 0 Å². The Balaban J connectivity index is 1.63. The molecule has 1 aromatic heterocycles. The molecule has 3 rings (SSSR count). The quantitative estimate of drug-likeness (QED) is 0.254. The molecule has 0 aliphatic carbocycles. The molecule has 2 aromatic carbocycles. The number of allylic oxidation sites excluding steroid dienone is 1. The van der Waals surface area contributed by atoms with E-state index >= 15 is 0 Å². The minimum absolute atomic E-state index is 0.0496. The Hall–Kier alpha value is -2.86. The second-order valence-electron chi connectivity index (χ2n) is 8.97. The minimum atomic E-state index is 0.0496. The van der Waals surface area contributed by atoms with Crippen LogP contribution < -0.4 is 0 Å². The lowest BCUT2D eigenvalue weighted by Gasteiger charge is -2.18. The summed E-state index contributed by atoms with van der Waals surface area (Å²) in [5.74, 6) is 6.40. The largest absolute Gasteiger partial charge is 0.296 e. The van der Waals surface area contributed by atoms with Crippen molar-refractivity contribution in [3.8, 4) is 23.0 Å². The van der Waals surface area contributed by atoms with E-state index in [4.69, 9.17) is 0 Å². The fraction of sp³-hybridized carbons (Fsp3) is 0.267. The van der Waals surface area contributed by atoms with E-state index in [1.807, 2.05) is 6.08 Å². The highest BCUT2D eigenvalue weighted by atomic mass is 32.1. The zero-order chi connectivity index (χ0) is 22.8. The Morgan fingerprint density at radius 3 is 2.38 bits per heavy atom. The smallest absolute Gasteiger partial charge is 0.0237 e. The zero-order valence-electron chi connectivity index (χ0n) is 19.6. The molecule has 0 saturated carbocycles. The van der Waals surface area contributed by atoms with Crippen molar-refractivity contribution < 1.29 is 0 Å². The van der Waals surface area contributed by atoms with Crippen molar-refractivity contribution in [3.05, 3.63) is 94.2 Å². The standard InChI is InChI=1S/C30H33NS/c1-5-31(19-8-6-7-18-30(2,3)4)23-27-13-9-11-25(21-27)15-16-26-12-10-14-28(22-26)29-17-20-32-24-29/h6,8-17,20-22,24H,5,19,23H2,1-4H3. The van der Waals surface area contributed by atoms with Crippen molar-refractivity contribution >= 4 is 23.5 Å². The maximum Gasteiger partial charge on any atom is 0.0237 e. The molecule has 0 atom stereocenters. The summed E-state index contributed by atoms with van der Waals surface area (Å²) in [4.78, 5) is 2.42. The van der Waals surface area contributed by atoms with E-state index in [9.17, 15) is 0 Å². The Morgan fingerprint density at radius 2 is 1.69 bits per heavy atom. The average molecular weight is 440 g/mol. The molecule has 0 aliphatic heterocycles. The fourth-order valence-electron chi connectivity index (χ4n) is 3.32. The van der Waals surface area contributed by atoms with Crippen LogP contribution in [0.25, 0.3) is 23.3 Å². The van der Waals surface area contributed by atoms with Gasteiger partial charge in [0.2, 0.25) is 0 Å². The molecule has 0 unspecified atom stereocenters. The first-order chi connectivity index (χ1) is 15.4. The lowest BCUT2D eigenvalue weighted by atomic mass is 9.98. The van der Waals surface area contributed by atoms with E-state index in [2.05, 4.69) is 128 Å². The van der Waals surface area contributed by atoms with E-state index in [1.165, 1.54) is 27.8 Å². The van der Waals surface area contributed by atoms with Crippen molar-refractivity contribution in [1.82, 2.24) is 4.90 Å². The van der Waals surface area contributed by atoms with Gasteiger partial charge in [-0.25, -0.2) is 0 Å². The molecule has 0 bridgehead atoms. The van der Waals surface area contributed by atoms with Crippen molar-refractivity contribution in [2.75, 3.05) is 13.1 Å². The van der Waals surface area contributed by atoms with Crippen LogP contribution in [0.15, 0.2) is 77.5 Å². The molecule has 0 N–H and O–H groups in total. The van der Waals surface area contributed by atoms with Gasteiger partial charge in [0, 0.05) is 18.5 Å². The highest BCUT2D eigenvalue weighted by molar-refractivity contribution is 7.08. The van der Waals surface area contributed by atoms with Gasteiger partial charge in [0.1, 0.15) is 0 Å². The Morgan fingerprint density at radius 1 is 0.938 bits per heavy atom. The van der Waals surface area contributed by atoms with Crippen LogP contribution in [0.5, 0.6) is 0 Å².